The maximum absolute atomic E-state index is 12.7. The van der Waals surface area contributed by atoms with E-state index in [1.54, 1.807) is 0 Å². The van der Waals surface area contributed by atoms with Crippen LogP contribution in [0.1, 0.15) is 34.9 Å². The molecule has 1 saturated heterocycles. The van der Waals surface area contributed by atoms with Crippen molar-refractivity contribution in [3.63, 3.8) is 0 Å². The first-order chi connectivity index (χ1) is 9.18. The summed E-state index contributed by atoms with van der Waals surface area (Å²) in [6, 6.07) is 8.81. The van der Waals surface area contributed by atoms with Crippen LogP contribution < -0.4 is 0 Å². The number of carbonyl (C=O) groups excluding carboxylic acids is 1. The van der Waals surface area contributed by atoms with Crippen molar-refractivity contribution in [3.8, 4) is 0 Å². The Hall–Kier alpha value is -1.61. The molecule has 2 atom stereocenters. The normalized spacial score (nSPS) is 26.7. The minimum absolute atomic E-state index is 0.233. The molecule has 1 aliphatic carbocycles. The molecule has 98 valence electrons. The van der Waals surface area contributed by atoms with E-state index >= 15 is 0 Å². The number of para-hydroxylation sites is 1. The average Bonchev–Trinajstić information content (AvgIpc) is 2.73. The van der Waals surface area contributed by atoms with Gasteiger partial charge in [0.15, 0.2) is 5.78 Å². The smallest absolute Gasteiger partial charge is 0.182 e. The summed E-state index contributed by atoms with van der Waals surface area (Å²) < 4.78 is 2.10. The first-order valence-electron chi connectivity index (χ1n) is 7.00. The maximum atomic E-state index is 12.7. The first-order valence-corrected chi connectivity index (χ1v) is 7.00. The van der Waals surface area contributed by atoms with Crippen LogP contribution >= 0.6 is 0 Å². The molecular weight excluding hydrogens is 236 g/mol. The summed E-state index contributed by atoms with van der Waals surface area (Å²) in [6.07, 6.45) is 2.00. The summed E-state index contributed by atoms with van der Waals surface area (Å²) >= 11 is 0. The molecular formula is C16H18N2O. The van der Waals surface area contributed by atoms with Gasteiger partial charge in [-0.1, -0.05) is 18.2 Å². The van der Waals surface area contributed by atoms with Gasteiger partial charge in [0.05, 0.1) is 5.69 Å². The van der Waals surface area contributed by atoms with Crippen LogP contribution in [0.15, 0.2) is 24.3 Å². The zero-order valence-electron chi connectivity index (χ0n) is 11.4. The van der Waals surface area contributed by atoms with Gasteiger partial charge in [0.2, 0.25) is 0 Å². The van der Waals surface area contributed by atoms with Crippen LogP contribution in [0, 0.1) is 5.92 Å². The molecule has 0 amide bonds. The molecule has 2 heterocycles. The molecule has 0 N–H and O–H groups in total. The second-order valence-corrected chi connectivity index (χ2v) is 5.92. The van der Waals surface area contributed by atoms with E-state index in [2.05, 4.69) is 34.7 Å². The molecule has 0 radical (unpaired) electrons. The minimum Gasteiger partial charge on any atom is -0.341 e. The number of nitrogens with zero attached hydrogens (tertiary/aromatic N) is 2. The van der Waals surface area contributed by atoms with Crippen molar-refractivity contribution in [1.29, 1.82) is 0 Å². The molecule has 3 nitrogen and oxygen atoms in total. The van der Waals surface area contributed by atoms with Crippen LogP contribution in [0.4, 0.5) is 0 Å². The number of Topliss-reactive ketones (excluding diaryl/α,β-unsaturated/α-hetero) is 1. The highest BCUT2D eigenvalue weighted by atomic mass is 16.1. The van der Waals surface area contributed by atoms with Gasteiger partial charge in [-0.3, -0.25) is 9.69 Å². The molecule has 1 fully saturated rings. The maximum Gasteiger partial charge on any atom is 0.182 e. The van der Waals surface area contributed by atoms with Crippen LogP contribution in [0.25, 0.3) is 10.9 Å². The highest BCUT2D eigenvalue weighted by molar-refractivity contribution is 6.05. The number of piperidine rings is 1. The number of aryl methyl sites for hydroxylation is 1. The Morgan fingerprint density at radius 2 is 2.00 bits per heavy atom. The predicted molar refractivity (Wildman–Crippen MR) is 75.3 cm³/mol. The van der Waals surface area contributed by atoms with Gasteiger partial charge >= 0.3 is 0 Å². The van der Waals surface area contributed by atoms with E-state index in [4.69, 9.17) is 0 Å². The van der Waals surface area contributed by atoms with Crippen LogP contribution in [0.3, 0.4) is 0 Å². The second kappa shape index (κ2) is 3.70. The molecule has 2 aliphatic rings. The first kappa shape index (κ1) is 11.2. The van der Waals surface area contributed by atoms with Crippen molar-refractivity contribution in [2.75, 3.05) is 13.6 Å². The number of rotatable bonds is 0. The lowest BCUT2D eigenvalue weighted by atomic mass is 9.77. The fourth-order valence-corrected chi connectivity index (χ4v) is 3.91. The van der Waals surface area contributed by atoms with Gasteiger partial charge in [-0.05, 0) is 32.5 Å². The standard InChI is InChI=1S/C16H18N2O/c1-17-8-7-10-9-13(17)14-11-5-3-4-6-12(11)18(2)15(14)16(10)19/h3-6,10,13H,7-9H2,1-2H3/t10-,13+/m0/s1. The molecule has 2 aromatic rings. The summed E-state index contributed by atoms with van der Waals surface area (Å²) in [6.45, 7) is 1.03. The third kappa shape index (κ3) is 1.34. The lowest BCUT2D eigenvalue weighted by Gasteiger charge is -2.40. The molecule has 3 heteroatoms. The van der Waals surface area contributed by atoms with Crippen LogP contribution in [-0.4, -0.2) is 28.8 Å². The topological polar surface area (TPSA) is 25.2 Å². The molecule has 1 aromatic heterocycles. The van der Waals surface area contributed by atoms with Crippen molar-refractivity contribution < 1.29 is 4.79 Å². The molecule has 19 heavy (non-hydrogen) atoms. The summed E-state index contributed by atoms with van der Waals surface area (Å²) in [5, 5.41) is 1.26. The van der Waals surface area contributed by atoms with Gasteiger partial charge in [0.1, 0.15) is 0 Å². The molecule has 0 spiro atoms. The largest absolute Gasteiger partial charge is 0.341 e. The Morgan fingerprint density at radius 3 is 2.84 bits per heavy atom. The summed E-state index contributed by atoms with van der Waals surface area (Å²) in [7, 11) is 4.21. The Kier molecular flexibility index (Phi) is 2.19. The number of aromatic nitrogens is 1. The van der Waals surface area contributed by atoms with Gasteiger partial charge in [-0.15, -0.1) is 0 Å². The molecule has 1 aromatic carbocycles. The number of hydrogen-bond acceptors (Lipinski definition) is 2. The monoisotopic (exact) mass is 254 g/mol. The van der Waals surface area contributed by atoms with E-state index in [0.717, 1.165) is 25.1 Å². The number of carbonyl (C=O) groups is 1. The molecule has 1 aliphatic heterocycles. The van der Waals surface area contributed by atoms with Gasteiger partial charge in [-0.25, -0.2) is 0 Å². The van der Waals surface area contributed by atoms with Gasteiger partial charge in [0.25, 0.3) is 0 Å². The number of fused-ring (bicyclic) bond motifs is 6. The lowest BCUT2D eigenvalue weighted by molar-refractivity contribution is 0.0720. The van der Waals surface area contributed by atoms with E-state index < -0.39 is 0 Å². The highest BCUT2D eigenvalue weighted by Gasteiger charge is 2.41. The average molecular weight is 254 g/mol. The molecule has 2 bridgehead atoms. The number of likely N-dealkylation sites (tertiary alicyclic amines) is 1. The van der Waals surface area contributed by atoms with Crippen molar-refractivity contribution >= 4 is 16.7 Å². The SMILES string of the molecule is CN1CC[C@H]2C[C@@H]1c1c(n(C)c3ccccc13)C2=O. The fraction of sp³-hybridized carbons (Fsp3) is 0.438. The number of benzene rings is 1. The zero-order chi connectivity index (χ0) is 13.1. The van der Waals surface area contributed by atoms with Gasteiger partial charge < -0.3 is 4.57 Å². The van der Waals surface area contributed by atoms with E-state index in [0.29, 0.717) is 11.8 Å². The second-order valence-electron chi connectivity index (χ2n) is 5.92. The van der Waals surface area contributed by atoms with Crippen molar-refractivity contribution in [2.45, 2.75) is 18.9 Å². The minimum atomic E-state index is 0.233. The number of hydrogen-bond donors (Lipinski definition) is 0. The van der Waals surface area contributed by atoms with E-state index in [9.17, 15) is 4.79 Å². The molecule has 0 saturated carbocycles. The van der Waals surface area contributed by atoms with Crippen LogP contribution in [-0.2, 0) is 7.05 Å². The Morgan fingerprint density at radius 1 is 1.21 bits per heavy atom. The Bertz CT molecular complexity index is 685. The summed E-state index contributed by atoms with van der Waals surface area (Å²) in [4.78, 5) is 15.1. The summed E-state index contributed by atoms with van der Waals surface area (Å²) in [5.74, 6) is 0.592. The zero-order valence-corrected chi connectivity index (χ0v) is 11.4. The Labute approximate surface area is 112 Å². The van der Waals surface area contributed by atoms with E-state index in [1.807, 2.05) is 13.1 Å². The third-order valence-corrected chi connectivity index (χ3v) is 4.95. The van der Waals surface area contributed by atoms with Crippen LogP contribution in [0.2, 0.25) is 0 Å². The number of ketones is 1. The van der Waals surface area contributed by atoms with E-state index in [-0.39, 0.29) is 5.92 Å². The lowest BCUT2D eigenvalue weighted by Crippen LogP contribution is -2.41. The third-order valence-electron chi connectivity index (χ3n) is 4.95. The van der Waals surface area contributed by atoms with E-state index in [1.165, 1.54) is 16.5 Å². The quantitative estimate of drug-likeness (QED) is 0.722. The summed E-state index contributed by atoms with van der Waals surface area (Å²) in [5.41, 5.74) is 3.40. The Balaban J connectivity index is 2.09. The highest BCUT2D eigenvalue weighted by Crippen LogP contribution is 2.45. The predicted octanol–water partition coefficient (Wildman–Crippen LogP) is 2.76. The molecule has 0 unspecified atom stereocenters. The van der Waals surface area contributed by atoms with Crippen molar-refractivity contribution in [1.82, 2.24) is 9.47 Å². The fourth-order valence-electron chi connectivity index (χ4n) is 3.91. The molecule has 4 rings (SSSR count). The van der Waals surface area contributed by atoms with Gasteiger partial charge in [0, 0.05) is 35.5 Å². The van der Waals surface area contributed by atoms with Crippen molar-refractivity contribution in [3.05, 3.63) is 35.5 Å². The van der Waals surface area contributed by atoms with Gasteiger partial charge in [-0.2, -0.15) is 0 Å². The van der Waals surface area contributed by atoms with Crippen molar-refractivity contribution in [2.24, 2.45) is 13.0 Å². The van der Waals surface area contributed by atoms with Crippen LogP contribution in [0.5, 0.6) is 0 Å².